The molecule has 3 aliphatic rings. The number of rotatable bonds is 5. The van der Waals surface area contributed by atoms with Crippen molar-refractivity contribution < 1.29 is 19.4 Å². The number of benzene rings is 1. The Morgan fingerprint density at radius 2 is 1.93 bits per heavy atom. The van der Waals surface area contributed by atoms with Gasteiger partial charge in [-0.15, -0.1) is 0 Å². The first kappa shape index (κ1) is 30.4. The summed E-state index contributed by atoms with van der Waals surface area (Å²) in [5, 5.41) is 22.7. The number of pyridine rings is 1. The number of nitriles is 1. The quantitative estimate of drug-likeness (QED) is 0.416. The van der Waals surface area contributed by atoms with Crippen LogP contribution in [0.5, 0.6) is 5.88 Å². The molecule has 0 aliphatic carbocycles. The van der Waals surface area contributed by atoms with Gasteiger partial charge in [-0.3, -0.25) is 4.90 Å². The van der Waals surface area contributed by atoms with E-state index in [1.807, 2.05) is 52.1 Å². The zero-order valence-electron chi connectivity index (χ0n) is 26.3. The SMILES string of the molecule is Cc1c(N2CCc3cnc(Nc4ccc(N5CCC(O)CC5)c(CC#N)c4)nc3C2)cnc2c1N(C(=O)OC(C)(C)C)CCO2. The van der Waals surface area contributed by atoms with E-state index in [0.29, 0.717) is 37.2 Å². The van der Waals surface area contributed by atoms with Gasteiger partial charge in [0.1, 0.15) is 17.9 Å². The van der Waals surface area contributed by atoms with Crippen molar-refractivity contribution in [3.05, 3.63) is 53.0 Å². The van der Waals surface area contributed by atoms with Gasteiger partial charge in [-0.1, -0.05) is 0 Å². The molecular weight excluding hydrogens is 572 g/mol. The van der Waals surface area contributed by atoms with E-state index >= 15 is 0 Å². The van der Waals surface area contributed by atoms with Gasteiger partial charge in [0.25, 0.3) is 0 Å². The maximum Gasteiger partial charge on any atom is 0.415 e. The molecule has 6 rings (SSSR count). The summed E-state index contributed by atoms with van der Waals surface area (Å²) in [7, 11) is 0. The Kier molecular flexibility index (Phi) is 8.38. The molecule has 45 heavy (non-hydrogen) atoms. The summed E-state index contributed by atoms with van der Waals surface area (Å²) in [5.41, 5.74) is 6.61. The third kappa shape index (κ3) is 6.59. The van der Waals surface area contributed by atoms with Crippen LogP contribution in [-0.4, -0.2) is 70.6 Å². The number of piperidine rings is 1. The molecule has 1 saturated heterocycles. The maximum absolute atomic E-state index is 13.1. The lowest BCUT2D eigenvalue weighted by Gasteiger charge is -2.35. The fourth-order valence-electron chi connectivity index (χ4n) is 6.15. The topological polar surface area (TPSA) is 140 Å². The second-order valence-electron chi connectivity index (χ2n) is 12.8. The molecule has 2 aromatic heterocycles. The minimum Gasteiger partial charge on any atom is -0.474 e. The lowest BCUT2D eigenvalue weighted by atomic mass is 10.0. The number of carbonyl (C=O) groups is 1. The Bertz CT molecular complexity index is 1620. The van der Waals surface area contributed by atoms with E-state index in [9.17, 15) is 15.2 Å². The normalized spacial score (nSPS) is 16.8. The highest BCUT2D eigenvalue weighted by molar-refractivity contribution is 5.92. The number of anilines is 5. The highest BCUT2D eigenvalue weighted by atomic mass is 16.6. The average Bonchev–Trinajstić information content (AvgIpc) is 3.01. The molecule has 3 aromatic rings. The first-order valence-electron chi connectivity index (χ1n) is 15.5. The molecule has 1 aromatic carbocycles. The standard InChI is InChI=1S/C33H40N8O4/c1-21-28(19-35-30-29(21)41(15-16-44-30)32(43)45-33(2,3)4)40-12-8-23-18-36-31(38-26(23)20-40)37-24-5-6-27(22(17-24)7-11-34)39-13-9-25(42)10-14-39/h5-6,17-19,25,42H,7-10,12-16,20H2,1-4H3,(H,36,37,38). The van der Waals surface area contributed by atoms with Gasteiger partial charge >= 0.3 is 6.09 Å². The van der Waals surface area contributed by atoms with E-state index in [1.54, 1.807) is 11.1 Å². The van der Waals surface area contributed by atoms with Gasteiger partial charge in [-0.05, 0) is 76.3 Å². The van der Waals surface area contributed by atoms with Crippen LogP contribution in [0, 0.1) is 18.3 Å². The molecule has 0 unspecified atom stereocenters. The summed E-state index contributed by atoms with van der Waals surface area (Å²) in [6, 6.07) is 8.28. The van der Waals surface area contributed by atoms with Crippen LogP contribution in [0.1, 0.15) is 56.0 Å². The van der Waals surface area contributed by atoms with Gasteiger partial charge in [0.2, 0.25) is 11.8 Å². The highest BCUT2D eigenvalue weighted by Gasteiger charge is 2.33. The van der Waals surface area contributed by atoms with Gasteiger partial charge in [0.15, 0.2) is 0 Å². The maximum atomic E-state index is 13.1. The van der Waals surface area contributed by atoms with Crippen LogP contribution in [0.4, 0.5) is 33.5 Å². The van der Waals surface area contributed by atoms with Crippen molar-refractivity contribution in [1.29, 1.82) is 5.26 Å². The van der Waals surface area contributed by atoms with Crippen molar-refractivity contribution in [3.8, 4) is 11.9 Å². The number of aromatic nitrogens is 3. The van der Waals surface area contributed by atoms with Crippen LogP contribution in [0.3, 0.4) is 0 Å². The number of hydrogen-bond donors (Lipinski definition) is 2. The van der Waals surface area contributed by atoms with Crippen molar-refractivity contribution in [3.63, 3.8) is 0 Å². The van der Waals surface area contributed by atoms with Gasteiger partial charge in [-0.25, -0.2) is 19.7 Å². The third-order valence-electron chi connectivity index (χ3n) is 8.38. The number of aliphatic hydroxyl groups is 1. The molecule has 0 spiro atoms. The Hall–Kier alpha value is -4.63. The van der Waals surface area contributed by atoms with E-state index in [1.165, 1.54) is 0 Å². The predicted molar refractivity (Wildman–Crippen MR) is 171 cm³/mol. The van der Waals surface area contributed by atoms with E-state index in [-0.39, 0.29) is 12.5 Å². The van der Waals surface area contributed by atoms with Crippen molar-refractivity contribution in [2.24, 2.45) is 0 Å². The smallest absolute Gasteiger partial charge is 0.415 e. The summed E-state index contributed by atoms with van der Waals surface area (Å²) >= 11 is 0. The highest BCUT2D eigenvalue weighted by Crippen LogP contribution is 2.40. The van der Waals surface area contributed by atoms with Crippen molar-refractivity contribution in [2.75, 3.05) is 52.8 Å². The number of hydrogen-bond acceptors (Lipinski definition) is 11. The minimum absolute atomic E-state index is 0.257. The number of fused-ring (bicyclic) bond motifs is 2. The first-order valence-corrected chi connectivity index (χ1v) is 15.5. The fourth-order valence-corrected chi connectivity index (χ4v) is 6.15. The number of amides is 1. The van der Waals surface area contributed by atoms with Crippen LogP contribution in [-0.2, 0) is 24.1 Å². The zero-order valence-corrected chi connectivity index (χ0v) is 26.3. The molecule has 12 nitrogen and oxygen atoms in total. The average molecular weight is 613 g/mol. The van der Waals surface area contributed by atoms with Gasteiger partial charge < -0.3 is 29.7 Å². The number of aliphatic hydroxyl groups excluding tert-OH is 1. The lowest BCUT2D eigenvalue weighted by Crippen LogP contribution is -2.42. The molecule has 5 heterocycles. The van der Waals surface area contributed by atoms with Crippen LogP contribution in [0.2, 0.25) is 0 Å². The Labute approximate surface area is 263 Å². The molecule has 0 bridgehead atoms. The lowest BCUT2D eigenvalue weighted by molar-refractivity contribution is 0.0566. The van der Waals surface area contributed by atoms with Crippen molar-refractivity contribution in [2.45, 2.75) is 71.6 Å². The fraction of sp³-hybridized carbons (Fsp3) is 0.485. The van der Waals surface area contributed by atoms with Crippen LogP contribution in [0.15, 0.2) is 30.6 Å². The molecule has 2 N–H and O–H groups in total. The molecule has 3 aliphatic heterocycles. The molecule has 0 saturated carbocycles. The monoisotopic (exact) mass is 612 g/mol. The molecule has 1 fully saturated rings. The number of carbonyl (C=O) groups excluding carboxylic acids is 1. The Balaban J connectivity index is 1.21. The molecule has 12 heteroatoms. The van der Waals surface area contributed by atoms with Crippen molar-refractivity contribution >= 4 is 34.8 Å². The second-order valence-corrected chi connectivity index (χ2v) is 12.8. The number of nitrogens with one attached hydrogen (secondary N) is 1. The largest absolute Gasteiger partial charge is 0.474 e. The molecular formula is C33H40N8O4. The zero-order chi connectivity index (χ0) is 31.7. The molecule has 236 valence electrons. The first-order chi connectivity index (χ1) is 21.6. The van der Waals surface area contributed by atoms with E-state index < -0.39 is 11.7 Å². The minimum atomic E-state index is -0.617. The van der Waals surface area contributed by atoms with Gasteiger partial charge in [0, 0.05) is 42.8 Å². The molecule has 0 radical (unpaired) electrons. The third-order valence-corrected chi connectivity index (χ3v) is 8.38. The summed E-state index contributed by atoms with van der Waals surface area (Å²) in [6.45, 7) is 11.1. The Morgan fingerprint density at radius 3 is 2.69 bits per heavy atom. The summed E-state index contributed by atoms with van der Waals surface area (Å²) in [4.78, 5) is 33.2. The van der Waals surface area contributed by atoms with Gasteiger partial charge in [-0.2, -0.15) is 5.26 Å². The van der Waals surface area contributed by atoms with E-state index in [2.05, 4.69) is 31.2 Å². The van der Waals surface area contributed by atoms with Gasteiger partial charge in [0.05, 0.1) is 49.3 Å². The molecule has 1 amide bonds. The Morgan fingerprint density at radius 1 is 1.13 bits per heavy atom. The summed E-state index contributed by atoms with van der Waals surface area (Å²) in [5.74, 6) is 0.913. The number of nitrogens with zero attached hydrogens (tertiary/aromatic N) is 7. The van der Waals surface area contributed by atoms with Crippen molar-refractivity contribution in [1.82, 2.24) is 15.0 Å². The number of ether oxygens (including phenoxy) is 2. The summed E-state index contributed by atoms with van der Waals surface area (Å²) in [6.07, 6.45) is 5.51. The van der Waals surface area contributed by atoms with E-state index in [4.69, 9.17) is 14.5 Å². The molecule has 0 atom stereocenters. The van der Waals surface area contributed by atoms with Crippen LogP contribution < -0.4 is 24.8 Å². The van der Waals surface area contributed by atoms with E-state index in [0.717, 1.165) is 78.3 Å². The van der Waals surface area contributed by atoms with Crippen LogP contribution in [0.25, 0.3) is 0 Å². The summed E-state index contributed by atoms with van der Waals surface area (Å²) < 4.78 is 11.5. The van der Waals surface area contributed by atoms with Crippen LogP contribution >= 0.6 is 0 Å². The predicted octanol–water partition coefficient (Wildman–Crippen LogP) is 4.65. The second kappa shape index (κ2) is 12.4.